The third kappa shape index (κ3) is 5.48. The van der Waals surface area contributed by atoms with E-state index >= 15 is 0 Å². The van der Waals surface area contributed by atoms with Gasteiger partial charge in [0.05, 0.1) is 16.8 Å². The molecular weight excluding hydrogens is 501 g/mol. The first-order chi connectivity index (χ1) is 13.3. The van der Waals surface area contributed by atoms with Crippen LogP contribution in [0.1, 0.15) is 11.1 Å². The van der Waals surface area contributed by atoms with Gasteiger partial charge >= 0.3 is 0 Å². The summed E-state index contributed by atoms with van der Waals surface area (Å²) in [6.07, 6.45) is 0. The first-order valence-electron chi connectivity index (χ1n) is 8.14. The molecular formula is C19H15Br2F3N4. The monoisotopic (exact) mass is 514 g/mol. The lowest BCUT2D eigenvalue weighted by Gasteiger charge is -2.34. The molecule has 0 aromatic heterocycles. The second-order valence-corrected chi connectivity index (χ2v) is 7.88. The third-order valence-corrected chi connectivity index (χ3v) is 5.00. The van der Waals surface area contributed by atoms with Crippen LogP contribution in [0.4, 0.5) is 18.9 Å². The number of piperazine rings is 1. The highest BCUT2D eigenvalue weighted by Crippen LogP contribution is 2.28. The van der Waals surface area contributed by atoms with Crippen LogP contribution in [-0.4, -0.2) is 38.1 Å². The van der Waals surface area contributed by atoms with Crippen molar-refractivity contribution >= 4 is 37.5 Å². The van der Waals surface area contributed by atoms with Gasteiger partial charge in [-0.3, -0.25) is 0 Å². The summed E-state index contributed by atoms with van der Waals surface area (Å²) >= 11 is 6.13. The molecule has 0 bridgehead atoms. The average Bonchev–Trinajstić information content (AvgIpc) is 2.65. The van der Waals surface area contributed by atoms with Gasteiger partial charge in [0.15, 0.2) is 11.6 Å². The van der Waals surface area contributed by atoms with Gasteiger partial charge < -0.3 is 9.80 Å². The number of rotatable bonds is 1. The molecule has 0 atom stereocenters. The zero-order valence-corrected chi connectivity index (χ0v) is 18.0. The number of hydrogen-bond donors (Lipinski definition) is 0. The van der Waals surface area contributed by atoms with Gasteiger partial charge in [0.25, 0.3) is 0 Å². The number of hydrogen-bond acceptors (Lipinski definition) is 4. The largest absolute Gasteiger partial charge is 0.366 e. The topological polar surface area (TPSA) is 54.1 Å². The second kappa shape index (κ2) is 9.92. The van der Waals surface area contributed by atoms with Crippen molar-refractivity contribution in [3.63, 3.8) is 0 Å². The molecule has 0 N–H and O–H groups in total. The summed E-state index contributed by atoms with van der Waals surface area (Å²) in [5.74, 6) is -2.45. The van der Waals surface area contributed by atoms with Crippen molar-refractivity contribution < 1.29 is 13.2 Å². The van der Waals surface area contributed by atoms with Crippen LogP contribution >= 0.6 is 31.9 Å². The van der Waals surface area contributed by atoms with Gasteiger partial charge in [-0.25, -0.2) is 13.2 Å². The maximum Gasteiger partial charge on any atom is 0.176 e. The van der Waals surface area contributed by atoms with Crippen LogP contribution in [0.5, 0.6) is 0 Å². The van der Waals surface area contributed by atoms with Crippen molar-refractivity contribution in [1.82, 2.24) is 4.90 Å². The van der Waals surface area contributed by atoms with Crippen molar-refractivity contribution in [2.45, 2.75) is 0 Å². The van der Waals surface area contributed by atoms with Gasteiger partial charge in [0, 0.05) is 35.1 Å². The smallest absolute Gasteiger partial charge is 0.176 e. The van der Waals surface area contributed by atoms with Crippen LogP contribution in [0.2, 0.25) is 0 Å². The molecule has 0 spiro atoms. The Hall–Kier alpha value is -2.07. The van der Waals surface area contributed by atoms with Gasteiger partial charge in [0.1, 0.15) is 18.0 Å². The molecule has 146 valence electrons. The lowest BCUT2D eigenvalue weighted by molar-refractivity contribution is 0.311. The molecule has 0 radical (unpaired) electrons. The van der Waals surface area contributed by atoms with E-state index in [9.17, 15) is 13.2 Å². The van der Waals surface area contributed by atoms with Gasteiger partial charge in [0.2, 0.25) is 0 Å². The minimum atomic E-state index is -1.10. The van der Waals surface area contributed by atoms with E-state index in [1.807, 2.05) is 11.9 Å². The number of nitriles is 2. The zero-order valence-electron chi connectivity index (χ0n) is 14.8. The summed E-state index contributed by atoms with van der Waals surface area (Å²) < 4.78 is 39.9. The molecule has 1 saturated heterocycles. The van der Waals surface area contributed by atoms with Crippen molar-refractivity contribution in [2.24, 2.45) is 0 Å². The lowest BCUT2D eigenvalue weighted by Crippen LogP contribution is -2.45. The number of anilines is 1. The van der Waals surface area contributed by atoms with Crippen LogP contribution in [-0.2, 0) is 0 Å². The second-order valence-electron chi connectivity index (χ2n) is 6.05. The SMILES string of the molecule is CN1CCN(c2c(F)cc(Br)cc2C#N)CC1.N#Cc1cc(Br)cc(F)c1F. The van der Waals surface area contributed by atoms with Crippen LogP contribution in [0.25, 0.3) is 0 Å². The van der Waals surface area contributed by atoms with E-state index in [1.54, 1.807) is 6.07 Å². The zero-order chi connectivity index (χ0) is 20.8. The third-order valence-electron chi connectivity index (χ3n) is 4.08. The fourth-order valence-electron chi connectivity index (χ4n) is 2.64. The Labute approximate surface area is 178 Å². The van der Waals surface area contributed by atoms with Crippen LogP contribution in [0.3, 0.4) is 0 Å². The molecule has 1 fully saturated rings. The molecule has 1 heterocycles. The number of benzene rings is 2. The minimum Gasteiger partial charge on any atom is -0.366 e. The van der Waals surface area contributed by atoms with Crippen molar-refractivity contribution in [2.75, 3.05) is 38.1 Å². The highest BCUT2D eigenvalue weighted by Gasteiger charge is 2.21. The fraction of sp³-hybridized carbons (Fsp3) is 0.263. The molecule has 3 rings (SSSR count). The molecule has 1 aliphatic heterocycles. The molecule has 1 aliphatic rings. The summed E-state index contributed by atoms with van der Waals surface area (Å²) in [6, 6.07) is 8.86. The fourth-order valence-corrected chi connectivity index (χ4v) is 3.50. The predicted molar refractivity (Wildman–Crippen MR) is 107 cm³/mol. The van der Waals surface area contributed by atoms with E-state index in [4.69, 9.17) is 10.5 Å². The first-order valence-corrected chi connectivity index (χ1v) is 9.72. The van der Waals surface area contributed by atoms with Crippen LogP contribution in [0, 0.1) is 40.1 Å². The van der Waals surface area contributed by atoms with Gasteiger partial charge in [-0.15, -0.1) is 0 Å². The van der Waals surface area contributed by atoms with E-state index in [2.05, 4.69) is 42.8 Å². The average molecular weight is 516 g/mol. The van der Waals surface area contributed by atoms with E-state index in [-0.39, 0.29) is 11.4 Å². The van der Waals surface area contributed by atoms with Gasteiger partial charge in [-0.1, -0.05) is 31.9 Å². The molecule has 0 unspecified atom stereocenters. The van der Waals surface area contributed by atoms with Gasteiger partial charge in [-0.05, 0) is 31.3 Å². The van der Waals surface area contributed by atoms with E-state index < -0.39 is 11.6 Å². The molecule has 9 heteroatoms. The Balaban J connectivity index is 0.000000221. The summed E-state index contributed by atoms with van der Waals surface area (Å²) in [7, 11) is 2.04. The number of likely N-dealkylation sites (N-methyl/N-ethyl adjacent to an activating group) is 1. The van der Waals surface area contributed by atoms with Crippen molar-refractivity contribution in [3.05, 3.63) is 61.8 Å². The van der Waals surface area contributed by atoms with E-state index in [0.717, 1.165) is 32.2 Å². The number of nitrogens with zero attached hydrogens (tertiary/aromatic N) is 4. The summed E-state index contributed by atoms with van der Waals surface area (Å²) in [5, 5.41) is 17.4. The quantitative estimate of drug-likeness (QED) is 0.511. The highest BCUT2D eigenvalue weighted by molar-refractivity contribution is 9.10. The Morgan fingerprint density at radius 2 is 1.32 bits per heavy atom. The van der Waals surface area contributed by atoms with E-state index in [0.29, 0.717) is 20.2 Å². The molecule has 0 amide bonds. The lowest BCUT2D eigenvalue weighted by atomic mass is 10.1. The Kier molecular flexibility index (Phi) is 7.88. The molecule has 28 heavy (non-hydrogen) atoms. The maximum atomic E-state index is 13.9. The molecule has 0 aliphatic carbocycles. The van der Waals surface area contributed by atoms with Gasteiger partial charge in [-0.2, -0.15) is 10.5 Å². The standard InChI is InChI=1S/C12H13BrFN3.C7H2BrF2N/c1-16-2-4-17(5-3-16)12-9(8-15)6-10(13)7-11(12)14;8-5-1-4(3-11)7(10)6(9)2-5/h6-7H,2-5H2,1H3;1-2H. The van der Waals surface area contributed by atoms with Crippen LogP contribution in [0.15, 0.2) is 33.2 Å². The Bertz CT molecular complexity index is 946. The number of halogens is 5. The molecule has 2 aromatic rings. The predicted octanol–water partition coefficient (Wildman–Crippen LogP) is 4.81. The summed E-state index contributed by atoms with van der Waals surface area (Å²) in [5.41, 5.74) is 0.530. The van der Waals surface area contributed by atoms with E-state index in [1.165, 1.54) is 18.2 Å². The highest BCUT2D eigenvalue weighted by atomic mass is 79.9. The van der Waals surface area contributed by atoms with Crippen molar-refractivity contribution in [3.8, 4) is 12.1 Å². The maximum absolute atomic E-state index is 13.9. The Morgan fingerprint density at radius 1 is 0.821 bits per heavy atom. The molecule has 0 saturated carbocycles. The molecule has 4 nitrogen and oxygen atoms in total. The van der Waals surface area contributed by atoms with Crippen molar-refractivity contribution in [1.29, 1.82) is 10.5 Å². The first kappa shape index (κ1) is 22.2. The Morgan fingerprint density at radius 3 is 1.86 bits per heavy atom. The summed E-state index contributed by atoms with van der Waals surface area (Å²) in [6.45, 7) is 3.29. The minimum absolute atomic E-state index is 0.295. The van der Waals surface area contributed by atoms with Crippen LogP contribution < -0.4 is 4.90 Å². The normalized spacial score (nSPS) is 13.9. The summed E-state index contributed by atoms with van der Waals surface area (Å²) in [4.78, 5) is 4.14. The molecule has 2 aromatic carbocycles.